The highest BCUT2D eigenvalue weighted by atomic mass is 19.4. The molecular weight excluding hydrogens is 195 g/mol. The number of hydrogen-bond acceptors (Lipinski definition) is 3. The van der Waals surface area contributed by atoms with Gasteiger partial charge in [0.1, 0.15) is 0 Å². The zero-order valence-electron chi connectivity index (χ0n) is 7.80. The van der Waals surface area contributed by atoms with E-state index in [0.717, 1.165) is 0 Å². The fourth-order valence-corrected chi connectivity index (χ4v) is 1.24. The summed E-state index contributed by atoms with van der Waals surface area (Å²) in [4.78, 5) is 1.58. The third-order valence-electron chi connectivity index (χ3n) is 2.40. The molecule has 0 radical (unpaired) electrons. The van der Waals surface area contributed by atoms with Crippen LogP contribution < -0.4 is 5.32 Å². The highest BCUT2D eigenvalue weighted by Gasteiger charge is 2.41. The average Bonchev–Trinajstić information content (AvgIpc) is 1.94. The van der Waals surface area contributed by atoms with Crippen LogP contribution >= 0.6 is 0 Å². The van der Waals surface area contributed by atoms with E-state index in [1.807, 2.05) is 0 Å². The molecule has 0 aromatic rings. The van der Waals surface area contributed by atoms with Gasteiger partial charge in [0, 0.05) is 25.7 Å². The second kappa shape index (κ2) is 4.15. The molecule has 1 heterocycles. The smallest absolute Gasteiger partial charge is 0.314 e. The van der Waals surface area contributed by atoms with Gasteiger partial charge in [-0.3, -0.25) is 4.90 Å². The van der Waals surface area contributed by atoms with Crippen LogP contribution in [0.4, 0.5) is 13.2 Å². The fourth-order valence-electron chi connectivity index (χ4n) is 1.24. The third-order valence-corrected chi connectivity index (χ3v) is 2.40. The van der Waals surface area contributed by atoms with Gasteiger partial charge in [0.15, 0.2) is 5.92 Å². The zero-order valence-corrected chi connectivity index (χ0v) is 7.80. The van der Waals surface area contributed by atoms with Crippen molar-refractivity contribution >= 4 is 0 Å². The second-order valence-corrected chi connectivity index (χ2v) is 3.47. The quantitative estimate of drug-likeness (QED) is 0.736. The van der Waals surface area contributed by atoms with Gasteiger partial charge in [-0.05, 0) is 7.05 Å². The van der Waals surface area contributed by atoms with Gasteiger partial charge >= 0.3 is 6.18 Å². The van der Waals surface area contributed by atoms with Crippen LogP contribution in [0, 0.1) is 17.2 Å². The van der Waals surface area contributed by atoms with Crippen molar-refractivity contribution in [2.75, 3.05) is 26.7 Å². The SMILES string of the molecule is CN(CC(C#N)C(F)(F)F)C1CNC1. The number of likely N-dealkylation sites (N-methyl/N-ethyl adjacent to an activating group) is 1. The van der Waals surface area contributed by atoms with Gasteiger partial charge in [0.2, 0.25) is 0 Å². The Labute approximate surface area is 80.5 Å². The van der Waals surface area contributed by atoms with Crippen molar-refractivity contribution in [2.45, 2.75) is 12.2 Å². The molecule has 1 aliphatic rings. The Bertz CT molecular complexity index is 229. The Hall–Kier alpha value is -0.800. The van der Waals surface area contributed by atoms with Gasteiger partial charge in [0.25, 0.3) is 0 Å². The van der Waals surface area contributed by atoms with E-state index in [1.165, 1.54) is 6.07 Å². The van der Waals surface area contributed by atoms with Crippen LogP contribution in [0.25, 0.3) is 0 Å². The summed E-state index contributed by atoms with van der Waals surface area (Å²) in [5.74, 6) is -1.88. The van der Waals surface area contributed by atoms with Crippen LogP contribution in [0.5, 0.6) is 0 Å². The molecule has 1 fully saturated rings. The van der Waals surface area contributed by atoms with E-state index in [1.54, 1.807) is 11.9 Å². The Morgan fingerprint density at radius 2 is 2.14 bits per heavy atom. The lowest BCUT2D eigenvalue weighted by atomic mass is 10.1. The van der Waals surface area contributed by atoms with Crippen molar-refractivity contribution < 1.29 is 13.2 Å². The molecule has 1 atom stereocenters. The van der Waals surface area contributed by atoms with Crippen LogP contribution in [0.1, 0.15) is 0 Å². The van der Waals surface area contributed by atoms with E-state index >= 15 is 0 Å². The van der Waals surface area contributed by atoms with Crippen LogP contribution in [0.3, 0.4) is 0 Å². The normalized spacial score (nSPS) is 20.3. The predicted octanol–water partition coefficient (Wildman–Crippen LogP) is 0.592. The number of nitrogens with one attached hydrogen (secondary N) is 1. The number of hydrogen-bond donors (Lipinski definition) is 1. The molecule has 0 aromatic carbocycles. The molecule has 0 aromatic heterocycles. The highest BCUT2D eigenvalue weighted by molar-refractivity contribution is 4.93. The standard InChI is InChI=1S/C8H12F3N3/c1-14(7-3-13-4-7)5-6(2-12)8(9,10)11/h6-7,13H,3-5H2,1H3. The predicted molar refractivity (Wildman–Crippen MR) is 44.4 cm³/mol. The van der Waals surface area contributed by atoms with E-state index in [2.05, 4.69) is 5.32 Å². The monoisotopic (exact) mass is 207 g/mol. The molecular formula is C8H12F3N3. The van der Waals surface area contributed by atoms with E-state index < -0.39 is 12.1 Å². The molecule has 0 aliphatic carbocycles. The van der Waals surface area contributed by atoms with Crippen LogP contribution in [0.2, 0.25) is 0 Å². The summed E-state index contributed by atoms with van der Waals surface area (Å²) in [6, 6.07) is 1.42. The van der Waals surface area contributed by atoms with Gasteiger partial charge in [-0.15, -0.1) is 0 Å². The molecule has 6 heteroatoms. The largest absolute Gasteiger partial charge is 0.405 e. The number of rotatable bonds is 3. The minimum atomic E-state index is -4.42. The lowest BCUT2D eigenvalue weighted by molar-refractivity contribution is -0.164. The van der Waals surface area contributed by atoms with Crippen molar-refractivity contribution in [3.8, 4) is 6.07 Å². The van der Waals surface area contributed by atoms with Gasteiger partial charge < -0.3 is 5.32 Å². The van der Waals surface area contributed by atoms with Gasteiger partial charge in [-0.25, -0.2) is 0 Å². The molecule has 1 saturated heterocycles. The van der Waals surface area contributed by atoms with Crippen molar-refractivity contribution in [1.29, 1.82) is 5.26 Å². The molecule has 0 amide bonds. The van der Waals surface area contributed by atoms with Crippen LogP contribution in [-0.2, 0) is 0 Å². The van der Waals surface area contributed by atoms with E-state index in [-0.39, 0.29) is 12.6 Å². The van der Waals surface area contributed by atoms with Gasteiger partial charge in [0.05, 0.1) is 6.07 Å². The molecule has 0 saturated carbocycles. The molecule has 80 valence electrons. The Kier molecular flexibility index (Phi) is 3.34. The van der Waals surface area contributed by atoms with E-state index in [9.17, 15) is 13.2 Å². The number of nitriles is 1. The maximum atomic E-state index is 12.2. The molecule has 0 bridgehead atoms. The van der Waals surface area contributed by atoms with E-state index in [4.69, 9.17) is 5.26 Å². The van der Waals surface area contributed by atoms with Gasteiger partial charge in [-0.2, -0.15) is 18.4 Å². The maximum absolute atomic E-state index is 12.2. The van der Waals surface area contributed by atoms with Crippen LogP contribution in [0.15, 0.2) is 0 Å². The first kappa shape index (κ1) is 11.3. The second-order valence-electron chi connectivity index (χ2n) is 3.47. The fraction of sp³-hybridized carbons (Fsp3) is 0.875. The minimum Gasteiger partial charge on any atom is -0.314 e. The first-order chi connectivity index (χ1) is 6.45. The summed E-state index contributed by atoms with van der Waals surface area (Å²) in [5, 5.41) is 11.3. The topological polar surface area (TPSA) is 39.1 Å². The Morgan fingerprint density at radius 1 is 1.57 bits per heavy atom. The molecule has 1 N–H and O–H groups in total. The summed E-state index contributed by atoms with van der Waals surface area (Å²) in [6.07, 6.45) is -4.42. The van der Waals surface area contributed by atoms with Crippen molar-refractivity contribution in [1.82, 2.24) is 10.2 Å². The van der Waals surface area contributed by atoms with Crippen molar-refractivity contribution in [2.24, 2.45) is 5.92 Å². The van der Waals surface area contributed by atoms with Gasteiger partial charge in [-0.1, -0.05) is 0 Å². The summed E-state index contributed by atoms with van der Waals surface area (Å²) in [6.45, 7) is 1.16. The third kappa shape index (κ3) is 2.59. The molecule has 1 unspecified atom stereocenters. The average molecular weight is 207 g/mol. The van der Waals surface area contributed by atoms with Crippen molar-refractivity contribution in [3.05, 3.63) is 0 Å². The van der Waals surface area contributed by atoms with Crippen LogP contribution in [-0.4, -0.2) is 43.8 Å². The number of alkyl halides is 3. The number of nitrogens with zero attached hydrogens (tertiary/aromatic N) is 2. The minimum absolute atomic E-state index is 0.133. The summed E-state index contributed by atoms with van der Waals surface area (Å²) < 4.78 is 36.6. The van der Waals surface area contributed by atoms with E-state index in [0.29, 0.717) is 13.1 Å². The summed E-state index contributed by atoms with van der Waals surface area (Å²) >= 11 is 0. The number of halogens is 3. The Morgan fingerprint density at radius 3 is 2.43 bits per heavy atom. The Balaban J connectivity index is 2.44. The lowest BCUT2D eigenvalue weighted by Crippen LogP contribution is -2.57. The first-order valence-corrected chi connectivity index (χ1v) is 4.32. The summed E-state index contributed by atoms with van der Waals surface area (Å²) in [5.41, 5.74) is 0. The summed E-state index contributed by atoms with van der Waals surface area (Å²) in [7, 11) is 1.61. The molecule has 1 rings (SSSR count). The first-order valence-electron chi connectivity index (χ1n) is 4.32. The highest BCUT2D eigenvalue weighted by Crippen LogP contribution is 2.26. The maximum Gasteiger partial charge on any atom is 0.405 e. The zero-order chi connectivity index (χ0) is 10.8. The van der Waals surface area contributed by atoms with Crippen molar-refractivity contribution in [3.63, 3.8) is 0 Å². The molecule has 3 nitrogen and oxygen atoms in total. The molecule has 1 aliphatic heterocycles. The molecule has 0 spiro atoms. The molecule has 14 heavy (non-hydrogen) atoms. The lowest BCUT2D eigenvalue weighted by Gasteiger charge is -2.36.